The molecule has 1 amide bonds. The quantitative estimate of drug-likeness (QED) is 0.376. The third kappa shape index (κ3) is 4.18. The van der Waals surface area contributed by atoms with E-state index in [-0.39, 0.29) is 16.3 Å². The second-order valence-electron chi connectivity index (χ2n) is 4.45. The molecule has 1 aromatic heterocycles. The van der Waals surface area contributed by atoms with Gasteiger partial charge in [-0.05, 0) is 29.2 Å². The molecule has 1 N–H and O–H groups in total. The molecule has 0 saturated carbocycles. The zero-order valence-corrected chi connectivity index (χ0v) is 13.9. The number of anilines is 1. The Balaban J connectivity index is 2.12. The summed E-state index contributed by atoms with van der Waals surface area (Å²) in [7, 11) is 1.25. The van der Waals surface area contributed by atoms with E-state index in [9.17, 15) is 19.7 Å². The number of rotatable bonds is 5. The molecule has 1 heterocycles. The predicted molar refractivity (Wildman–Crippen MR) is 91.4 cm³/mol. The second-order valence-corrected chi connectivity index (χ2v) is 5.77. The van der Waals surface area contributed by atoms with Crippen LogP contribution in [0.3, 0.4) is 0 Å². The molecule has 0 saturated heterocycles. The lowest BCUT2D eigenvalue weighted by Gasteiger charge is -2.02. The minimum atomic E-state index is -0.603. The van der Waals surface area contributed by atoms with Gasteiger partial charge in [0.2, 0.25) is 5.91 Å². The number of halogens is 1. The zero-order valence-electron chi connectivity index (χ0n) is 12.3. The fraction of sp³-hybridized carbons (Fsp3) is 0.0667. The van der Waals surface area contributed by atoms with Crippen molar-refractivity contribution in [3.63, 3.8) is 0 Å². The highest BCUT2D eigenvalue weighted by atomic mass is 35.5. The molecular weight excluding hydrogens is 356 g/mol. The Morgan fingerprint density at radius 2 is 2.12 bits per heavy atom. The van der Waals surface area contributed by atoms with Gasteiger partial charge in [-0.15, -0.1) is 11.3 Å². The largest absolute Gasteiger partial charge is 0.465 e. The number of carbonyl (C=O) groups excluding carboxylic acids is 2. The van der Waals surface area contributed by atoms with E-state index in [2.05, 4.69) is 10.1 Å². The summed E-state index contributed by atoms with van der Waals surface area (Å²) in [6, 6.07) is 5.73. The normalized spacial score (nSPS) is 10.6. The third-order valence-corrected chi connectivity index (χ3v) is 4.05. The summed E-state index contributed by atoms with van der Waals surface area (Å²) in [5.41, 5.74) is 0.456. The Morgan fingerprint density at radius 1 is 1.38 bits per heavy atom. The highest BCUT2D eigenvalue weighted by molar-refractivity contribution is 7.14. The first kappa shape index (κ1) is 17.6. The minimum absolute atomic E-state index is 0.0166. The molecule has 0 aliphatic carbocycles. The Kier molecular flexibility index (Phi) is 5.67. The van der Waals surface area contributed by atoms with Crippen molar-refractivity contribution in [2.24, 2.45) is 0 Å². The number of nitrogens with zero attached hydrogens (tertiary/aromatic N) is 1. The molecule has 0 unspecified atom stereocenters. The van der Waals surface area contributed by atoms with Crippen molar-refractivity contribution in [3.05, 3.63) is 62.0 Å². The van der Waals surface area contributed by atoms with E-state index in [0.29, 0.717) is 10.6 Å². The van der Waals surface area contributed by atoms with Gasteiger partial charge < -0.3 is 10.1 Å². The van der Waals surface area contributed by atoms with Gasteiger partial charge in [-0.25, -0.2) is 4.79 Å². The molecule has 2 aromatic rings. The topological polar surface area (TPSA) is 98.5 Å². The number of benzene rings is 1. The first-order valence-electron chi connectivity index (χ1n) is 6.51. The van der Waals surface area contributed by atoms with Gasteiger partial charge in [0.25, 0.3) is 5.69 Å². The number of esters is 1. The monoisotopic (exact) mass is 366 g/mol. The fourth-order valence-corrected chi connectivity index (χ4v) is 2.74. The first-order chi connectivity index (χ1) is 11.4. The van der Waals surface area contributed by atoms with Gasteiger partial charge in [-0.2, -0.15) is 0 Å². The van der Waals surface area contributed by atoms with Crippen LogP contribution in [0.2, 0.25) is 5.02 Å². The summed E-state index contributed by atoms with van der Waals surface area (Å²) in [4.78, 5) is 33.7. The van der Waals surface area contributed by atoms with E-state index in [0.717, 1.165) is 0 Å². The van der Waals surface area contributed by atoms with Crippen molar-refractivity contribution in [2.45, 2.75) is 0 Å². The molecule has 0 radical (unpaired) electrons. The molecule has 0 fully saturated rings. The molecule has 0 aliphatic heterocycles. The second kappa shape index (κ2) is 7.71. The van der Waals surface area contributed by atoms with Crippen LogP contribution in [0.25, 0.3) is 6.08 Å². The van der Waals surface area contributed by atoms with Crippen molar-refractivity contribution >= 4 is 51.6 Å². The number of amides is 1. The average molecular weight is 367 g/mol. The summed E-state index contributed by atoms with van der Waals surface area (Å²) in [6.07, 6.45) is 2.61. The lowest BCUT2D eigenvalue weighted by molar-refractivity contribution is -0.384. The number of thiophene rings is 1. The maximum absolute atomic E-state index is 11.9. The number of methoxy groups -OCH3 is 1. The Labute approximate surface area is 145 Å². The van der Waals surface area contributed by atoms with E-state index in [1.165, 1.54) is 42.7 Å². The van der Waals surface area contributed by atoms with Crippen LogP contribution in [0.5, 0.6) is 0 Å². The highest BCUT2D eigenvalue weighted by Gasteiger charge is 2.15. The van der Waals surface area contributed by atoms with Gasteiger partial charge in [-0.1, -0.05) is 17.7 Å². The van der Waals surface area contributed by atoms with Crippen molar-refractivity contribution in [3.8, 4) is 0 Å². The van der Waals surface area contributed by atoms with E-state index >= 15 is 0 Å². The standard InChI is InChI=1S/C15H11ClN2O5S/c1-23-15(20)10-6-7-24-14(10)17-13(19)5-3-9-2-4-11(16)12(8-9)18(21)22/h2-8H,1H3,(H,17,19)/b5-3+. The number of hydrogen-bond donors (Lipinski definition) is 1. The molecule has 9 heteroatoms. The predicted octanol–water partition coefficient (Wildman–Crippen LogP) is 3.75. The molecule has 24 heavy (non-hydrogen) atoms. The van der Waals surface area contributed by atoms with Gasteiger partial charge in [0, 0.05) is 12.1 Å². The summed E-state index contributed by atoms with van der Waals surface area (Å²) in [6.45, 7) is 0. The number of nitrogens with one attached hydrogen (secondary N) is 1. The number of hydrogen-bond acceptors (Lipinski definition) is 6. The summed E-state index contributed by atoms with van der Waals surface area (Å²) in [5.74, 6) is -1.04. The van der Waals surface area contributed by atoms with Crippen molar-refractivity contribution in [1.82, 2.24) is 0 Å². The first-order valence-corrected chi connectivity index (χ1v) is 7.77. The van der Waals surface area contributed by atoms with Crippen LogP contribution < -0.4 is 5.32 Å². The van der Waals surface area contributed by atoms with Crippen LogP contribution in [-0.4, -0.2) is 23.9 Å². The molecule has 2 rings (SSSR count). The lowest BCUT2D eigenvalue weighted by Crippen LogP contribution is -2.10. The molecule has 1 aromatic carbocycles. The van der Waals surface area contributed by atoms with Crippen molar-refractivity contribution in [2.75, 3.05) is 12.4 Å². The number of ether oxygens (including phenoxy) is 1. The van der Waals surface area contributed by atoms with Gasteiger partial charge in [-0.3, -0.25) is 14.9 Å². The van der Waals surface area contributed by atoms with Crippen LogP contribution in [0.15, 0.2) is 35.7 Å². The van der Waals surface area contributed by atoms with Crippen LogP contribution in [0.4, 0.5) is 10.7 Å². The number of carbonyl (C=O) groups is 2. The molecule has 124 valence electrons. The third-order valence-electron chi connectivity index (χ3n) is 2.90. The minimum Gasteiger partial charge on any atom is -0.465 e. The van der Waals surface area contributed by atoms with E-state index in [1.807, 2.05) is 0 Å². The molecule has 7 nitrogen and oxygen atoms in total. The van der Waals surface area contributed by atoms with Gasteiger partial charge in [0.1, 0.15) is 10.0 Å². The molecule has 0 bridgehead atoms. The molecule has 0 atom stereocenters. The summed E-state index contributed by atoms with van der Waals surface area (Å²) < 4.78 is 4.61. The van der Waals surface area contributed by atoms with Crippen molar-refractivity contribution in [1.29, 1.82) is 0 Å². The van der Waals surface area contributed by atoms with E-state index < -0.39 is 16.8 Å². The Hall–Kier alpha value is -2.71. The van der Waals surface area contributed by atoms with Crippen molar-refractivity contribution < 1.29 is 19.2 Å². The van der Waals surface area contributed by atoms with Crippen LogP contribution in [-0.2, 0) is 9.53 Å². The summed E-state index contributed by atoms with van der Waals surface area (Å²) in [5, 5.41) is 15.4. The van der Waals surface area contributed by atoms with E-state index in [1.54, 1.807) is 17.5 Å². The maximum atomic E-state index is 11.9. The van der Waals surface area contributed by atoms with Crippen LogP contribution in [0, 0.1) is 10.1 Å². The van der Waals surface area contributed by atoms with E-state index in [4.69, 9.17) is 11.6 Å². The Morgan fingerprint density at radius 3 is 2.79 bits per heavy atom. The van der Waals surface area contributed by atoms with Gasteiger partial charge >= 0.3 is 5.97 Å². The zero-order chi connectivity index (χ0) is 17.7. The average Bonchev–Trinajstić information content (AvgIpc) is 3.01. The lowest BCUT2D eigenvalue weighted by atomic mass is 10.2. The Bertz CT molecular complexity index is 831. The van der Waals surface area contributed by atoms with Gasteiger partial charge in [0.05, 0.1) is 17.6 Å². The van der Waals surface area contributed by atoms with Crippen LogP contribution in [0.1, 0.15) is 15.9 Å². The number of nitro groups is 1. The highest BCUT2D eigenvalue weighted by Crippen LogP contribution is 2.26. The molecule has 0 aliphatic rings. The smallest absolute Gasteiger partial charge is 0.340 e. The maximum Gasteiger partial charge on any atom is 0.340 e. The van der Waals surface area contributed by atoms with Gasteiger partial charge in [0.15, 0.2) is 0 Å². The number of nitro benzene ring substituents is 1. The van der Waals surface area contributed by atoms with Crippen LogP contribution >= 0.6 is 22.9 Å². The SMILES string of the molecule is COC(=O)c1ccsc1NC(=O)/C=C/c1ccc(Cl)c([N+](=O)[O-])c1. The molecule has 0 spiro atoms. The fourth-order valence-electron chi connectivity index (χ4n) is 1.78. The molecular formula is C15H11ClN2O5S. The summed E-state index contributed by atoms with van der Waals surface area (Å²) >= 11 is 6.90.